The second kappa shape index (κ2) is 9.00. The van der Waals surface area contributed by atoms with Gasteiger partial charge in [0.2, 0.25) is 5.91 Å². The molecule has 2 aromatic rings. The number of carbonyl (C=O) groups excluding carboxylic acids is 2. The van der Waals surface area contributed by atoms with Gasteiger partial charge in [0.25, 0.3) is 5.91 Å². The second-order valence-corrected chi connectivity index (χ2v) is 6.79. The van der Waals surface area contributed by atoms with E-state index in [2.05, 4.69) is 10.6 Å². The quantitative estimate of drug-likeness (QED) is 0.802. The Hall–Kier alpha value is -3.13. The lowest BCUT2D eigenvalue weighted by Gasteiger charge is -2.31. The van der Waals surface area contributed by atoms with Gasteiger partial charge < -0.3 is 10.6 Å². The van der Waals surface area contributed by atoms with Crippen molar-refractivity contribution >= 4 is 11.8 Å². The molecule has 0 spiro atoms. The van der Waals surface area contributed by atoms with E-state index >= 15 is 0 Å². The summed E-state index contributed by atoms with van der Waals surface area (Å²) in [7, 11) is 0. The Bertz CT molecular complexity index is 825. The third kappa shape index (κ3) is 4.73. The van der Waals surface area contributed by atoms with E-state index < -0.39 is 0 Å². The van der Waals surface area contributed by atoms with Crippen LogP contribution in [0.4, 0.5) is 0 Å². The van der Waals surface area contributed by atoms with Crippen LogP contribution in [-0.2, 0) is 4.79 Å². The monoisotopic (exact) mass is 361 g/mol. The molecule has 1 saturated carbocycles. The van der Waals surface area contributed by atoms with E-state index in [1.165, 1.54) is 0 Å². The summed E-state index contributed by atoms with van der Waals surface area (Å²) in [4.78, 5) is 24.9. The maximum atomic E-state index is 12.6. The molecule has 5 nitrogen and oxygen atoms in total. The fraction of sp³-hybridized carbons (Fsp3) is 0.318. The molecule has 0 aliphatic heterocycles. The molecular weight excluding hydrogens is 338 g/mol. The molecule has 5 heteroatoms. The van der Waals surface area contributed by atoms with E-state index in [0.717, 1.165) is 36.8 Å². The van der Waals surface area contributed by atoms with Crippen LogP contribution < -0.4 is 10.6 Å². The average Bonchev–Trinajstić information content (AvgIpc) is 2.73. The lowest BCUT2D eigenvalue weighted by molar-refractivity contribution is -0.126. The van der Waals surface area contributed by atoms with Crippen LogP contribution >= 0.6 is 0 Å². The van der Waals surface area contributed by atoms with Crippen molar-refractivity contribution in [2.24, 2.45) is 5.92 Å². The van der Waals surface area contributed by atoms with Crippen LogP contribution in [0.25, 0.3) is 11.1 Å². The maximum absolute atomic E-state index is 12.6. The van der Waals surface area contributed by atoms with Gasteiger partial charge in [-0.2, -0.15) is 5.26 Å². The summed E-state index contributed by atoms with van der Waals surface area (Å²) in [5.41, 5.74) is 2.74. The first kappa shape index (κ1) is 18.7. The minimum Gasteiger partial charge on any atom is -0.349 e. The summed E-state index contributed by atoms with van der Waals surface area (Å²) < 4.78 is 0. The van der Waals surface area contributed by atoms with E-state index in [1.807, 2.05) is 60.7 Å². The Morgan fingerprint density at radius 3 is 2.33 bits per heavy atom. The second-order valence-electron chi connectivity index (χ2n) is 6.79. The van der Waals surface area contributed by atoms with Crippen molar-refractivity contribution in [3.63, 3.8) is 0 Å². The van der Waals surface area contributed by atoms with Crippen molar-refractivity contribution in [1.82, 2.24) is 10.6 Å². The molecule has 1 aliphatic carbocycles. The van der Waals surface area contributed by atoms with Gasteiger partial charge in [-0.3, -0.25) is 9.59 Å². The molecule has 0 aromatic heterocycles. The predicted octanol–water partition coefficient (Wildman–Crippen LogP) is 3.28. The zero-order chi connectivity index (χ0) is 19.1. The first-order valence-electron chi connectivity index (χ1n) is 9.30. The zero-order valence-electron chi connectivity index (χ0n) is 15.2. The number of nitriles is 1. The molecule has 138 valence electrons. The van der Waals surface area contributed by atoms with Gasteiger partial charge >= 0.3 is 0 Å². The van der Waals surface area contributed by atoms with Crippen molar-refractivity contribution < 1.29 is 9.59 Å². The molecule has 0 radical (unpaired) electrons. The number of carbonyl (C=O) groups is 2. The van der Waals surface area contributed by atoms with E-state index in [9.17, 15) is 9.59 Å². The van der Waals surface area contributed by atoms with Gasteiger partial charge in [0.05, 0.1) is 12.0 Å². The predicted molar refractivity (Wildman–Crippen MR) is 104 cm³/mol. The van der Waals surface area contributed by atoms with Gasteiger partial charge in [-0.1, -0.05) is 55.3 Å². The number of rotatable bonds is 5. The molecule has 3 rings (SSSR count). The van der Waals surface area contributed by atoms with Crippen LogP contribution in [0.15, 0.2) is 54.6 Å². The Morgan fingerprint density at radius 2 is 1.63 bits per heavy atom. The van der Waals surface area contributed by atoms with E-state index in [4.69, 9.17) is 5.26 Å². The largest absolute Gasteiger partial charge is 0.349 e. The van der Waals surface area contributed by atoms with Crippen LogP contribution in [0.5, 0.6) is 0 Å². The summed E-state index contributed by atoms with van der Waals surface area (Å²) >= 11 is 0. The number of hydrogen-bond donors (Lipinski definition) is 2. The summed E-state index contributed by atoms with van der Waals surface area (Å²) in [5, 5.41) is 14.3. The van der Waals surface area contributed by atoms with Gasteiger partial charge in [0.1, 0.15) is 6.54 Å². The smallest absolute Gasteiger partial charge is 0.251 e. The molecular formula is C22H23N3O2. The Balaban J connectivity index is 1.66. The van der Waals surface area contributed by atoms with Gasteiger partial charge in [0, 0.05) is 11.6 Å². The third-order valence-corrected chi connectivity index (χ3v) is 5.02. The number of amides is 2. The van der Waals surface area contributed by atoms with Crippen molar-refractivity contribution in [2.75, 3.05) is 6.54 Å². The summed E-state index contributed by atoms with van der Waals surface area (Å²) in [5.74, 6) is -0.597. The summed E-state index contributed by atoms with van der Waals surface area (Å²) in [6, 6.07) is 19.2. The van der Waals surface area contributed by atoms with Gasteiger partial charge in [-0.25, -0.2) is 0 Å². The summed E-state index contributed by atoms with van der Waals surface area (Å²) in [6.45, 7) is -0.00303. The van der Waals surface area contributed by atoms with Crippen molar-refractivity contribution in [1.29, 1.82) is 5.26 Å². The lowest BCUT2D eigenvalue weighted by Crippen LogP contribution is -2.48. The maximum Gasteiger partial charge on any atom is 0.251 e. The van der Waals surface area contributed by atoms with E-state index in [0.29, 0.717) is 5.56 Å². The van der Waals surface area contributed by atoms with Crippen molar-refractivity contribution in [3.8, 4) is 17.2 Å². The first-order chi connectivity index (χ1) is 13.2. The Morgan fingerprint density at radius 1 is 0.963 bits per heavy atom. The zero-order valence-corrected chi connectivity index (χ0v) is 15.2. The highest BCUT2D eigenvalue weighted by atomic mass is 16.2. The molecule has 0 unspecified atom stereocenters. The molecule has 27 heavy (non-hydrogen) atoms. The highest BCUT2D eigenvalue weighted by Gasteiger charge is 2.32. The van der Waals surface area contributed by atoms with E-state index in [1.54, 1.807) is 0 Å². The molecule has 2 N–H and O–H groups in total. The van der Waals surface area contributed by atoms with Gasteiger partial charge in [-0.05, 0) is 36.1 Å². The summed E-state index contributed by atoms with van der Waals surface area (Å²) in [6.07, 6.45) is 3.45. The van der Waals surface area contributed by atoms with Crippen LogP contribution in [0.2, 0.25) is 0 Å². The van der Waals surface area contributed by atoms with Gasteiger partial charge in [-0.15, -0.1) is 0 Å². The minimum absolute atomic E-state index is 0.00303. The number of hydrogen-bond acceptors (Lipinski definition) is 3. The lowest BCUT2D eigenvalue weighted by atomic mass is 9.83. The first-order valence-corrected chi connectivity index (χ1v) is 9.30. The Kier molecular flexibility index (Phi) is 6.22. The SMILES string of the molecule is N#CCNC(=O)[C@@H]1CCCC[C@@H]1NC(=O)c1ccc(-c2ccccc2)cc1. The fourth-order valence-corrected chi connectivity index (χ4v) is 3.57. The highest BCUT2D eigenvalue weighted by Crippen LogP contribution is 2.25. The van der Waals surface area contributed by atoms with Crippen LogP contribution in [0, 0.1) is 17.2 Å². The van der Waals surface area contributed by atoms with Crippen molar-refractivity contribution in [2.45, 2.75) is 31.7 Å². The van der Waals surface area contributed by atoms with Gasteiger partial charge in [0.15, 0.2) is 0 Å². The Labute approximate surface area is 159 Å². The highest BCUT2D eigenvalue weighted by molar-refractivity contribution is 5.95. The standard InChI is InChI=1S/C22H23N3O2/c23-14-15-24-22(27)19-8-4-5-9-20(19)25-21(26)18-12-10-17(11-13-18)16-6-2-1-3-7-16/h1-3,6-7,10-13,19-20H,4-5,8-9,15H2,(H,24,27)(H,25,26)/t19-,20+/m1/s1. The molecule has 0 heterocycles. The topological polar surface area (TPSA) is 82.0 Å². The average molecular weight is 361 g/mol. The molecule has 1 aliphatic rings. The fourth-order valence-electron chi connectivity index (χ4n) is 3.57. The minimum atomic E-state index is -0.278. The molecule has 2 amide bonds. The number of nitrogens with one attached hydrogen (secondary N) is 2. The normalized spacial score (nSPS) is 18.9. The van der Waals surface area contributed by atoms with Crippen molar-refractivity contribution in [3.05, 3.63) is 60.2 Å². The third-order valence-electron chi connectivity index (χ3n) is 5.02. The molecule has 2 aromatic carbocycles. The molecule has 2 atom stereocenters. The molecule has 0 saturated heterocycles. The number of benzene rings is 2. The number of nitrogens with zero attached hydrogens (tertiary/aromatic N) is 1. The van der Waals surface area contributed by atoms with Crippen LogP contribution in [0.3, 0.4) is 0 Å². The molecule has 1 fully saturated rings. The molecule has 0 bridgehead atoms. The van der Waals surface area contributed by atoms with E-state index in [-0.39, 0.29) is 30.3 Å². The van der Waals surface area contributed by atoms with Crippen LogP contribution in [-0.4, -0.2) is 24.4 Å². The van der Waals surface area contributed by atoms with Crippen LogP contribution in [0.1, 0.15) is 36.0 Å².